The van der Waals surface area contributed by atoms with Gasteiger partial charge < -0.3 is 5.32 Å². The fourth-order valence-corrected chi connectivity index (χ4v) is 3.06. The molecule has 1 fully saturated rings. The number of hydrogen-bond donors (Lipinski definition) is 1. The quantitative estimate of drug-likeness (QED) is 0.867. The van der Waals surface area contributed by atoms with E-state index in [2.05, 4.69) is 33.1 Å². The molecule has 0 spiro atoms. The molecule has 1 heterocycles. The summed E-state index contributed by atoms with van der Waals surface area (Å²) >= 11 is 3.47. The minimum Gasteiger partial charge on any atom is -0.314 e. The van der Waals surface area contributed by atoms with E-state index in [-0.39, 0.29) is 30.6 Å². The topological polar surface area (TPSA) is 15.3 Å². The first-order chi connectivity index (χ1) is 8.22. The monoisotopic (exact) mass is 372 g/mol. The van der Waals surface area contributed by atoms with Gasteiger partial charge in [-0.2, -0.15) is 0 Å². The molecule has 19 heavy (non-hydrogen) atoms. The van der Waals surface area contributed by atoms with E-state index in [1.807, 2.05) is 6.07 Å². The molecule has 110 valence electrons. The molecule has 2 rings (SSSR count). The Bertz CT molecular complexity index is 387. The number of nitrogens with one attached hydrogen (secondary N) is 1. The Hall–Kier alpha value is 0.130. The van der Waals surface area contributed by atoms with Crippen LogP contribution in [0.4, 0.5) is 4.39 Å². The molecule has 0 unspecified atom stereocenters. The van der Waals surface area contributed by atoms with E-state index in [9.17, 15) is 4.39 Å². The van der Waals surface area contributed by atoms with Gasteiger partial charge in [0.2, 0.25) is 0 Å². The lowest BCUT2D eigenvalue weighted by atomic mass is 10.0. The van der Waals surface area contributed by atoms with E-state index in [1.54, 1.807) is 12.1 Å². The first kappa shape index (κ1) is 19.1. The van der Waals surface area contributed by atoms with Crippen LogP contribution >= 0.6 is 40.7 Å². The summed E-state index contributed by atoms with van der Waals surface area (Å²) in [7, 11) is 0. The SMILES string of the molecule is CC[C@H](c1ccc(F)cc1Br)N1CCNCC1.Cl.Cl. The molecule has 1 aliphatic rings. The van der Waals surface area contributed by atoms with Crippen LogP contribution in [0.1, 0.15) is 24.9 Å². The molecule has 2 nitrogen and oxygen atoms in total. The number of halogens is 4. The average molecular weight is 374 g/mol. The van der Waals surface area contributed by atoms with Crippen molar-refractivity contribution < 1.29 is 4.39 Å². The smallest absolute Gasteiger partial charge is 0.124 e. The van der Waals surface area contributed by atoms with Crippen LogP contribution in [0.3, 0.4) is 0 Å². The van der Waals surface area contributed by atoms with Crippen LogP contribution in [0.5, 0.6) is 0 Å². The lowest BCUT2D eigenvalue weighted by molar-refractivity contribution is 0.169. The van der Waals surface area contributed by atoms with Crippen molar-refractivity contribution in [3.05, 3.63) is 34.1 Å². The van der Waals surface area contributed by atoms with Gasteiger partial charge in [-0.3, -0.25) is 4.90 Å². The van der Waals surface area contributed by atoms with E-state index >= 15 is 0 Å². The fourth-order valence-electron chi connectivity index (χ4n) is 2.44. The Kier molecular flexibility index (Phi) is 9.20. The van der Waals surface area contributed by atoms with Crippen molar-refractivity contribution in [1.29, 1.82) is 0 Å². The lowest BCUT2D eigenvalue weighted by Crippen LogP contribution is -2.45. The second kappa shape index (κ2) is 9.14. The number of hydrogen-bond acceptors (Lipinski definition) is 2. The average Bonchev–Trinajstić information content (AvgIpc) is 2.34. The van der Waals surface area contributed by atoms with Gasteiger partial charge in [0.05, 0.1) is 0 Å². The molecule has 0 amide bonds. The zero-order chi connectivity index (χ0) is 12.3. The molecule has 1 aromatic carbocycles. The van der Waals surface area contributed by atoms with Gasteiger partial charge in [-0.25, -0.2) is 4.39 Å². The van der Waals surface area contributed by atoms with Gasteiger partial charge in [0, 0.05) is 36.7 Å². The maximum atomic E-state index is 13.1. The molecule has 6 heteroatoms. The van der Waals surface area contributed by atoms with Gasteiger partial charge in [-0.15, -0.1) is 24.8 Å². The van der Waals surface area contributed by atoms with Crippen molar-refractivity contribution in [2.45, 2.75) is 19.4 Å². The summed E-state index contributed by atoms with van der Waals surface area (Å²) < 4.78 is 14.0. The summed E-state index contributed by atoms with van der Waals surface area (Å²) in [5.41, 5.74) is 1.19. The van der Waals surface area contributed by atoms with E-state index in [0.29, 0.717) is 6.04 Å². The normalized spacial score (nSPS) is 17.2. The zero-order valence-electron chi connectivity index (χ0n) is 10.9. The van der Waals surface area contributed by atoms with Gasteiger partial charge >= 0.3 is 0 Å². The Morgan fingerprint density at radius 3 is 2.47 bits per heavy atom. The first-order valence-electron chi connectivity index (χ1n) is 6.12. The van der Waals surface area contributed by atoms with Crippen LogP contribution in [-0.4, -0.2) is 31.1 Å². The standard InChI is InChI=1S/C13H18BrFN2.2ClH/c1-2-13(17-7-5-16-6-8-17)11-4-3-10(15)9-12(11)14;;/h3-4,9,13,16H,2,5-8H2,1H3;2*1H/t13-;;/m1../s1. The van der Waals surface area contributed by atoms with Gasteiger partial charge in [-0.1, -0.05) is 28.9 Å². The van der Waals surface area contributed by atoms with Crippen molar-refractivity contribution in [3.63, 3.8) is 0 Å². The van der Waals surface area contributed by atoms with Gasteiger partial charge in [0.25, 0.3) is 0 Å². The predicted molar refractivity (Wildman–Crippen MR) is 86.1 cm³/mol. The molecule has 0 bridgehead atoms. The first-order valence-corrected chi connectivity index (χ1v) is 6.91. The fraction of sp³-hybridized carbons (Fsp3) is 0.538. The highest BCUT2D eigenvalue weighted by Crippen LogP contribution is 2.31. The van der Waals surface area contributed by atoms with Crippen molar-refractivity contribution in [3.8, 4) is 0 Å². The predicted octanol–water partition coefficient (Wildman–Crippen LogP) is 3.79. The van der Waals surface area contributed by atoms with E-state index in [0.717, 1.165) is 37.1 Å². The van der Waals surface area contributed by atoms with E-state index < -0.39 is 0 Å². The van der Waals surface area contributed by atoms with Gasteiger partial charge in [0.1, 0.15) is 5.82 Å². The third kappa shape index (κ3) is 4.87. The Balaban J connectivity index is 0.00000162. The van der Waals surface area contributed by atoms with Crippen molar-refractivity contribution in [2.24, 2.45) is 0 Å². The summed E-state index contributed by atoms with van der Waals surface area (Å²) in [6.45, 7) is 6.37. The Labute approximate surface area is 135 Å². The summed E-state index contributed by atoms with van der Waals surface area (Å²) in [6.07, 6.45) is 1.05. The maximum absolute atomic E-state index is 13.1. The lowest BCUT2D eigenvalue weighted by Gasteiger charge is -2.35. The van der Waals surface area contributed by atoms with Crippen LogP contribution in [-0.2, 0) is 0 Å². The summed E-state index contributed by atoms with van der Waals surface area (Å²) in [5, 5.41) is 3.36. The molecular weight excluding hydrogens is 354 g/mol. The molecule has 1 aliphatic heterocycles. The molecule has 0 radical (unpaired) electrons. The number of benzene rings is 1. The molecule has 1 saturated heterocycles. The second-order valence-corrected chi connectivity index (χ2v) is 5.23. The molecule has 1 atom stereocenters. The van der Waals surface area contributed by atoms with Crippen LogP contribution in [0.15, 0.2) is 22.7 Å². The summed E-state index contributed by atoms with van der Waals surface area (Å²) in [4.78, 5) is 2.47. The Morgan fingerprint density at radius 1 is 1.32 bits per heavy atom. The third-order valence-corrected chi connectivity index (χ3v) is 3.99. The maximum Gasteiger partial charge on any atom is 0.124 e. The second-order valence-electron chi connectivity index (χ2n) is 4.38. The number of rotatable bonds is 3. The van der Waals surface area contributed by atoms with E-state index in [1.165, 1.54) is 5.56 Å². The van der Waals surface area contributed by atoms with Crippen LogP contribution in [0.2, 0.25) is 0 Å². The third-order valence-electron chi connectivity index (χ3n) is 3.30. The van der Waals surface area contributed by atoms with Crippen LogP contribution in [0, 0.1) is 5.82 Å². The molecule has 0 saturated carbocycles. The van der Waals surface area contributed by atoms with Gasteiger partial charge in [0.15, 0.2) is 0 Å². The largest absolute Gasteiger partial charge is 0.314 e. The highest BCUT2D eigenvalue weighted by molar-refractivity contribution is 9.10. The van der Waals surface area contributed by atoms with Crippen LogP contribution in [0.25, 0.3) is 0 Å². The van der Waals surface area contributed by atoms with Gasteiger partial charge in [-0.05, 0) is 24.1 Å². The molecule has 0 aromatic heterocycles. The highest BCUT2D eigenvalue weighted by Gasteiger charge is 2.22. The number of nitrogens with zero attached hydrogens (tertiary/aromatic N) is 1. The van der Waals surface area contributed by atoms with Crippen LogP contribution < -0.4 is 5.32 Å². The molecular formula is C13H20BrCl2FN2. The van der Waals surface area contributed by atoms with Crippen molar-refractivity contribution in [2.75, 3.05) is 26.2 Å². The Morgan fingerprint density at radius 2 is 1.95 bits per heavy atom. The van der Waals surface area contributed by atoms with Crippen molar-refractivity contribution in [1.82, 2.24) is 10.2 Å². The summed E-state index contributed by atoms with van der Waals surface area (Å²) in [6, 6.07) is 5.38. The molecule has 1 aromatic rings. The minimum absolute atomic E-state index is 0. The molecule has 1 N–H and O–H groups in total. The van der Waals surface area contributed by atoms with Crippen molar-refractivity contribution >= 4 is 40.7 Å². The van der Waals surface area contributed by atoms with E-state index in [4.69, 9.17) is 0 Å². The summed E-state index contributed by atoms with van der Waals surface area (Å²) in [5.74, 6) is -0.184. The molecule has 0 aliphatic carbocycles. The minimum atomic E-state index is -0.184. The highest BCUT2D eigenvalue weighted by atomic mass is 79.9. The number of piperazine rings is 1. The zero-order valence-corrected chi connectivity index (χ0v) is 14.1.